The summed E-state index contributed by atoms with van der Waals surface area (Å²) in [6.45, 7) is 0. The molecule has 1 aromatic heterocycles. The standard InChI is InChI=1S/C15H26N6/c1-21-19-14(18-20-21)5-13(17-16)9-15-6-10-2-11(7-15)4-12(3-10)8-15/h10-13,17H,2-9,16H2,1H3. The molecule has 0 aliphatic heterocycles. The maximum atomic E-state index is 5.82. The second-order valence-corrected chi connectivity index (χ2v) is 7.88. The minimum atomic E-state index is 0.269. The number of hydrogen-bond donors (Lipinski definition) is 2. The van der Waals surface area contributed by atoms with Crippen LogP contribution in [0.3, 0.4) is 0 Å². The van der Waals surface area contributed by atoms with E-state index in [1.54, 1.807) is 7.05 Å². The van der Waals surface area contributed by atoms with Gasteiger partial charge in [0.2, 0.25) is 0 Å². The number of nitrogens with two attached hydrogens (primary N) is 1. The van der Waals surface area contributed by atoms with Gasteiger partial charge in [-0.3, -0.25) is 11.3 Å². The molecule has 6 heteroatoms. The van der Waals surface area contributed by atoms with Crippen LogP contribution >= 0.6 is 0 Å². The van der Waals surface area contributed by atoms with Crippen molar-refractivity contribution >= 4 is 0 Å². The van der Waals surface area contributed by atoms with E-state index in [1.807, 2.05) is 0 Å². The molecule has 0 radical (unpaired) electrons. The Morgan fingerprint density at radius 2 is 1.86 bits per heavy atom. The first-order valence-electron chi connectivity index (χ1n) is 8.33. The van der Waals surface area contributed by atoms with Gasteiger partial charge in [0.05, 0.1) is 7.05 Å². The van der Waals surface area contributed by atoms with E-state index in [1.165, 1.54) is 49.7 Å². The van der Waals surface area contributed by atoms with Crippen molar-refractivity contribution < 1.29 is 0 Å². The molecular formula is C15H26N6. The molecule has 116 valence electrons. The zero-order valence-corrected chi connectivity index (χ0v) is 12.8. The van der Waals surface area contributed by atoms with Crippen LogP contribution in [0.5, 0.6) is 0 Å². The smallest absolute Gasteiger partial charge is 0.176 e. The predicted octanol–water partition coefficient (Wildman–Crippen LogP) is 1.19. The van der Waals surface area contributed by atoms with Crippen molar-refractivity contribution in [3.05, 3.63) is 5.82 Å². The molecule has 0 saturated heterocycles. The molecule has 21 heavy (non-hydrogen) atoms. The lowest BCUT2D eigenvalue weighted by molar-refractivity contribution is -0.0620. The SMILES string of the molecule is Cn1nnc(CC(CC23CC4CC(CC(C4)C2)C3)NN)n1. The van der Waals surface area contributed by atoms with Gasteiger partial charge in [0.1, 0.15) is 0 Å². The summed E-state index contributed by atoms with van der Waals surface area (Å²) in [4.78, 5) is 1.52. The first kappa shape index (κ1) is 13.6. The van der Waals surface area contributed by atoms with Gasteiger partial charge in [-0.1, -0.05) is 0 Å². The van der Waals surface area contributed by atoms with E-state index < -0.39 is 0 Å². The van der Waals surface area contributed by atoms with Crippen LogP contribution in [0.1, 0.15) is 50.8 Å². The highest BCUT2D eigenvalue weighted by molar-refractivity contribution is 5.03. The molecule has 4 saturated carbocycles. The van der Waals surface area contributed by atoms with Crippen LogP contribution in [0.25, 0.3) is 0 Å². The van der Waals surface area contributed by atoms with Crippen LogP contribution in [0.2, 0.25) is 0 Å². The van der Waals surface area contributed by atoms with Crippen LogP contribution in [-0.2, 0) is 13.5 Å². The van der Waals surface area contributed by atoms with Crippen LogP contribution in [-0.4, -0.2) is 26.2 Å². The van der Waals surface area contributed by atoms with E-state index in [2.05, 4.69) is 20.8 Å². The van der Waals surface area contributed by atoms with Crippen molar-refractivity contribution in [3.8, 4) is 0 Å². The third kappa shape index (κ3) is 2.59. The first-order valence-corrected chi connectivity index (χ1v) is 8.33. The third-order valence-electron chi connectivity index (χ3n) is 6.06. The lowest BCUT2D eigenvalue weighted by Crippen LogP contribution is -2.50. The Labute approximate surface area is 125 Å². The molecule has 3 N–H and O–H groups in total. The molecule has 4 aliphatic carbocycles. The summed E-state index contributed by atoms with van der Waals surface area (Å²) >= 11 is 0. The molecular weight excluding hydrogens is 264 g/mol. The van der Waals surface area contributed by atoms with Gasteiger partial charge in [-0.2, -0.15) is 4.80 Å². The second kappa shape index (κ2) is 5.02. The summed E-state index contributed by atoms with van der Waals surface area (Å²) < 4.78 is 0. The van der Waals surface area contributed by atoms with Crippen LogP contribution in [0.4, 0.5) is 0 Å². The summed E-state index contributed by atoms with van der Waals surface area (Å²) in [7, 11) is 1.81. The fourth-order valence-corrected chi connectivity index (χ4v) is 5.88. The normalized spacial score (nSPS) is 38.9. The fourth-order valence-electron chi connectivity index (χ4n) is 5.88. The van der Waals surface area contributed by atoms with E-state index in [4.69, 9.17) is 5.84 Å². The lowest BCUT2D eigenvalue weighted by atomic mass is 9.48. The highest BCUT2D eigenvalue weighted by atomic mass is 15.6. The number of aromatic nitrogens is 4. The van der Waals surface area contributed by atoms with Gasteiger partial charge in [-0.05, 0) is 73.3 Å². The highest BCUT2D eigenvalue weighted by Gasteiger charge is 2.51. The average molecular weight is 290 g/mol. The van der Waals surface area contributed by atoms with Crippen LogP contribution in [0.15, 0.2) is 0 Å². The molecule has 0 aromatic carbocycles. The maximum absolute atomic E-state index is 5.82. The molecule has 0 spiro atoms. The van der Waals surface area contributed by atoms with Crippen LogP contribution < -0.4 is 11.3 Å². The van der Waals surface area contributed by atoms with Crippen molar-refractivity contribution in [1.29, 1.82) is 0 Å². The Hall–Kier alpha value is -1.01. The Morgan fingerprint density at radius 1 is 1.24 bits per heavy atom. The molecule has 1 aromatic rings. The molecule has 1 heterocycles. The number of aryl methyl sites for hydroxylation is 1. The number of hydrazine groups is 1. The molecule has 1 unspecified atom stereocenters. The summed E-state index contributed by atoms with van der Waals surface area (Å²) in [6, 6.07) is 0.269. The molecule has 4 aliphatic rings. The molecule has 1 atom stereocenters. The van der Waals surface area contributed by atoms with Crippen molar-refractivity contribution in [2.24, 2.45) is 36.1 Å². The summed E-state index contributed by atoms with van der Waals surface area (Å²) in [5, 5.41) is 12.3. The number of nitrogens with one attached hydrogen (secondary N) is 1. The molecule has 0 amide bonds. The van der Waals surface area contributed by atoms with Gasteiger partial charge in [0.15, 0.2) is 5.82 Å². The topological polar surface area (TPSA) is 81.7 Å². The molecule has 5 rings (SSSR count). The van der Waals surface area contributed by atoms with Gasteiger partial charge in [-0.15, -0.1) is 10.2 Å². The number of tetrazole rings is 1. The summed E-state index contributed by atoms with van der Waals surface area (Å²) in [5.41, 5.74) is 3.55. The van der Waals surface area contributed by atoms with Gasteiger partial charge in [0, 0.05) is 12.5 Å². The van der Waals surface area contributed by atoms with Crippen molar-refractivity contribution in [3.63, 3.8) is 0 Å². The summed E-state index contributed by atoms with van der Waals surface area (Å²) in [5.74, 6) is 9.59. The Morgan fingerprint density at radius 3 is 2.33 bits per heavy atom. The quantitative estimate of drug-likeness (QED) is 0.629. The number of nitrogens with zero attached hydrogens (tertiary/aromatic N) is 4. The van der Waals surface area contributed by atoms with Crippen molar-refractivity contribution in [2.75, 3.05) is 0 Å². The Balaban J connectivity index is 1.46. The van der Waals surface area contributed by atoms with Crippen LogP contribution in [0, 0.1) is 23.2 Å². The monoisotopic (exact) mass is 290 g/mol. The minimum absolute atomic E-state index is 0.269. The zero-order valence-electron chi connectivity index (χ0n) is 12.8. The van der Waals surface area contributed by atoms with Gasteiger partial charge < -0.3 is 0 Å². The van der Waals surface area contributed by atoms with E-state index in [0.29, 0.717) is 5.41 Å². The molecule has 4 bridgehead atoms. The van der Waals surface area contributed by atoms with Gasteiger partial charge in [-0.25, -0.2) is 0 Å². The predicted molar refractivity (Wildman–Crippen MR) is 78.8 cm³/mol. The van der Waals surface area contributed by atoms with E-state index in [9.17, 15) is 0 Å². The second-order valence-electron chi connectivity index (χ2n) is 7.88. The Kier molecular flexibility index (Phi) is 3.26. The van der Waals surface area contributed by atoms with Gasteiger partial charge in [0.25, 0.3) is 0 Å². The number of hydrogen-bond acceptors (Lipinski definition) is 5. The van der Waals surface area contributed by atoms with Crippen molar-refractivity contribution in [2.45, 2.75) is 57.4 Å². The zero-order chi connectivity index (χ0) is 14.4. The Bertz CT molecular complexity index is 475. The summed E-state index contributed by atoms with van der Waals surface area (Å²) in [6.07, 6.45) is 10.7. The lowest BCUT2D eigenvalue weighted by Gasteiger charge is -2.57. The first-order chi connectivity index (χ1) is 10.1. The largest absolute Gasteiger partial charge is 0.271 e. The minimum Gasteiger partial charge on any atom is -0.271 e. The highest BCUT2D eigenvalue weighted by Crippen LogP contribution is 2.61. The maximum Gasteiger partial charge on any atom is 0.176 e. The van der Waals surface area contributed by atoms with E-state index in [0.717, 1.165) is 30.0 Å². The van der Waals surface area contributed by atoms with Gasteiger partial charge >= 0.3 is 0 Å². The molecule has 6 nitrogen and oxygen atoms in total. The van der Waals surface area contributed by atoms with E-state index in [-0.39, 0.29) is 6.04 Å². The third-order valence-corrected chi connectivity index (χ3v) is 6.06. The molecule has 4 fully saturated rings. The van der Waals surface area contributed by atoms with E-state index >= 15 is 0 Å². The van der Waals surface area contributed by atoms with Crippen molar-refractivity contribution in [1.82, 2.24) is 25.6 Å². The number of rotatable bonds is 5. The average Bonchev–Trinajstić information content (AvgIpc) is 2.81. The fraction of sp³-hybridized carbons (Fsp3) is 0.933.